The normalized spacial score (nSPS) is 11.2. The number of hydrogen-bond donors (Lipinski definition) is 0. The highest BCUT2D eigenvalue weighted by Crippen LogP contribution is 2.23. The van der Waals surface area contributed by atoms with Gasteiger partial charge in [0.15, 0.2) is 10.9 Å². The molecule has 136 valence electrons. The fraction of sp³-hybridized carbons (Fsp3) is 0.158. The summed E-state index contributed by atoms with van der Waals surface area (Å²) in [4.78, 5) is 33.8. The van der Waals surface area contributed by atoms with Gasteiger partial charge in [0.05, 0.1) is 23.8 Å². The highest BCUT2D eigenvalue weighted by molar-refractivity contribution is 7.12. The molecule has 0 amide bonds. The van der Waals surface area contributed by atoms with Gasteiger partial charge in [0, 0.05) is 34.6 Å². The molecule has 0 saturated heterocycles. The van der Waals surface area contributed by atoms with Gasteiger partial charge in [-0.3, -0.25) is 18.7 Å². The standard InChI is InChI=1S/C19H15FN4O2S/c1-11-7-15(12(2)24(11)19-21-5-6-27-19)17(25)9-23-10-22-16-8-13(20)3-4-14(16)18(23)26/h3-8,10H,9H2,1-2H3. The van der Waals surface area contributed by atoms with E-state index in [1.54, 1.807) is 12.3 Å². The molecule has 0 N–H and O–H groups in total. The summed E-state index contributed by atoms with van der Waals surface area (Å²) in [7, 11) is 0. The number of aryl methyl sites for hydroxylation is 1. The second-order valence-corrected chi connectivity index (χ2v) is 7.07. The minimum absolute atomic E-state index is 0.138. The SMILES string of the molecule is Cc1cc(C(=O)Cn2cnc3cc(F)ccc3c2=O)c(C)n1-c1nccs1. The number of carbonyl (C=O) groups excluding carboxylic acids is 1. The first-order valence-electron chi connectivity index (χ1n) is 8.22. The van der Waals surface area contributed by atoms with Gasteiger partial charge in [0.25, 0.3) is 5.56 Å². The third-order valence-corrected chi connectivity index (χ3v) is 5.20. The van der Waals surface area contributed by atoms with E-state index in [9.17, 15) is 14.0 Å². The molecule has 0 unspecified atom stereocenters. The van der Waals surface area contributed by atoms with Crippen LogP contribution in [0.15, 0.2) is 47.0 Å². The molecular formula is C19H15FN4O2S. The first-order chi connectivity index (χ1) is 13.0. The van der Waals surface area contributed by atoms with Crippen LogP contribution in [0.1, 0.15) is 21.7 Å². The van der Waals surface area contributed by atoms with Crippen molar-refractivity contribution in [2.45, 2.75) is 20.4 Å². The molecular weight excluding hydrogens is 367 g/mol. The third kappa shape index (κ3) is 2.97. The van der Waals surface area contributed by atoms with Crippen LogP contribution in [0.5, 0.6) is 0 Å². The number of hydrogen-bond acceptors (Lipinski definition) is 5. The van der Waals surface area contributed by atoms with Crippen LogP contribution >= 0.6 is 11.3 Å². The number of benzene rings is 1. The first kappa shape index (κ1) is 17.3. The van der Waals surface area contributed by atoms with Crippen LogP contribution in [-0.4, -0.2) is 24.9 Å². The van der Waals surface area contributed by atoms with E-state index in [1.807, 2.05) is 23.8 Å². The summed E-state index contributed by atoms with van der Waals surface area (Å²) in [6, 6.07) is 5.59. The Hall–Kier alpha value is -3.13. The van der Waals surface area contributed by atoms with E-state index in [-0.39, 0.29) is 28.8 Å². The minimum atomic E-state index is -0.460. The van der Waals surface area contributed by atoms with Gasteiger partial charge in [-0.25, -0.2) is 14.4 Å². The number of ketones is 1. The molecule has 0 radical (unpaired) electrons. The maximum Gasteiger partial charge on any atom is 0.261 e. The number of fused-ring (bicyclic) bond motifs is 1. The molecule has 0 saturated carbocycles. The Labute approximate surface area is 157 Å². The second-order valence-electron chi connectivity index (χ2n) is 6.20. The average molecular weight is 382 g/mol. The summed E-state index contributed by atoms with van der Waals surface area (Å²) in [6.07, 6.45) is 2.99. The predicted molar refractivity (Wildman–Crippen MR) is 101 cm³/mol. The summed E-state index contributed by atoms with van der Waals surface area (Å²) in [5.41, 5.74) is 2.10. The van der Waals surface area contributed by atoms with E-state index >= 15 is 0 Å². The summed E-state index contributed by atoms with van der Waals surface area (Å²) < 4.78 is 16.5. The number of halogens is 1. The smallest absolute Gasteiger partial charge is 0.261 e. The van der Waals surface area contributed by atoms with Crippen LogP contribution in [0.3, 0.4) is 0 Å². The van der Waals surface area contributed by atoms with Crippen molar-refractivity contribution in [1.29, 1.82) is 0 Å². The maximum absolute atomic E-state index is 13.3. The van der Waals surface area contributed by atoms with Crippen molar-refractivity contribution < 1.29 is 9.18 Å². The number of rotatable bonds is 4. The number of thiazole rings is 1. The van der Waals surface area contributed by atoms with E-state index in [4.69, 9.17) is 0 Å². The molecule has 6 nitrogen and oxygen atoms in total. The van der Waals surface area contributed by atoms with Crippen molar-refractivity contribution in [3.63, 3.8) is 0 Å². The average Bonchev–Trinajstić information content (AvgIpc) is 3.25. The van der Waals surface area contributed by atoms with Gasteiger partial charge in [0.2, 0.25) is 0 Å². The van der Waals surface area contributed by atoms with Gasteiger partial charge in [-0.1, -0.05) is 0 Å². The van der Waals surface area contributed by atoms with E-state index in [0.29, 0.717) is 5.56 Å². The van der Waals surface area contributed by atoms with Crippen LogP contribution in [0.25, 0.3) is 16.0 Å². The molecule has 27 heavy (non-hydrogen) atoms. The fourth-order valence-corrected chi connectivity index (χ4v) is 3.90. The molecule has 1 aromatic carbocycles. The fourth-order valence-electron chi connectivity index (χ4n) is 3.15. The highest BCUT2D eigenvalue weighted by Gasteiger charge is 2.19. The molecule has 0 atom stereocenters. The summed E-state index contributed by atoms with van der Waals surface area (Å²) >= 11 is 1.48. The Morgan fingerprint density at radius 1 is 1.22 bits per heavy atom. The Morgan fingerprint density at radius 2 is 2.04 bits per heavy atom. The number of nitrogens with zero attached hydrogens (tertiary/aromatic N) is 4. The molecule has 0 bridgehead atoms. The van der Waals surface area contributed by atoms with Crippen LogP contribution in [0, 0.1) is 19.7 Å². The second kappa shape index (κ2) is 6.55. The summed E-state index contributed by atoms with van der Waals surface area (Å²) in [6.45, 7) is 3.62. The van der Waals surface area contributed by atoms with Crippen molar-refractivity contribution in [3.05, 3.63) is 75.3 Å². The van der Waals surface area contributed by atoms with Crippen LogP contribution in [0.2, 0.25) is 0 Å². The van der Waals surface area contributed by atoms with Gasteiger partial charge in [-0.05, 0) is 32.0 Å². The maximum atomic E-state index is 13.3. The Kier molecular flexibility index (Phi) is 4.19. The molecule has 4 rings (SSSR count). The molecule has 4 aromatic rings. The van der Waals surface area contributed by atoms with Crippen LogP contribution in [-0.2, 0) is 6.54 Å². The topological polar surface area (TPSA) is 69.8 Å². The lowest BCUT2D eigenvalue weighted by atomic mass is 10.1. The molecule has 8 heteroatoms. The largest absolute Gasteiger partial charge is 0.294 e. The van der Waals surface area contributed by atoms with Gasteiger partial charge < -0.3 is 0 Å². The van der Waals surface area contributed by atoms with Gasteiger partial charge in [0.1, 0.15) is 5.82 Å². The highest BCUT2D eigenvalue weighted by atomic mass is 32.1. The third-order valence-electron chi connectivity index (χ3n) is 4.44. The Morgan fingerprint density at radius 3 is 2.78 bits per heavy atom. The zero-order valence-electron chi connectivity index (χ0n) is 14.6. The Balaban J connectivity index is 1.70. The molecule has 3 aromatic heterocycles. The lowest BCUT2D eigenvalue weighted by Gasteiger charge is -2.07. The van der Waals surface area contributed by atoms with Crippen LogP contribution in [0.4, 0.5) is 4.39 Å². The quantitative estimate of drug-likeness (QED) is 0.508. The molecule has 0 aliphatic carbocycles. The van der Waals surface area contributed by atoms with E-state index in [2.05, 4.69) is 9.97 Å². The number of carbonyl (C=O) groups is 1. The van der Waals surface area contributed by atoms with Crippen molar-refractivity contribution in [3.8, 4) is 5.13 Å². The first-order valence-corrected chi connectivity index (χ1v) is 9.10. The predicted octanol–water partition coefficient (Wildman–Crippen LogP) is 3.28. The molecule has 0 aliphatic rings. The van der Waals surface area contributed by atoms with Crippen molar-refractivity contribution in [2.75, 3.05) is 0 Å². The summed E-state index contributed by atoms with van der Waals surface area (Å²) in [5, 5.41) is 2.94. The Bertz CT molecular complexity index is 1220. The molecule has 0 fully saturated rings. The lowest BCUT2D eigenvalue weighted by Crippen LogP contribution is -2.25. The van der Waals surface area contributed by atoms with E-state index < -0.39 is 5.82 Å². The van der Waals surface area contributed by atoms with Gasteiger partial charge >= 0.3 is 0 Å². The minimum Gasteiger partial charge on any atom is -0.294 e. The van der Waals surface area contributed by atoms with Crippen molar-refractivity contribution in [2.24, 2.45) is 0 Å². The lowest BCUT2D eigenvalue weighted by molar-refractivity contribution is 0.0970. The van der Waals surface area contributed by atoms with Crippen LogP contribution < -0.4 is 5.56 Å². The van der Waals surface area contributed by atoms with Gasteiger partial charge in [-0.15, -0.1) is 11.3 Å². The zero-order chi connectivity index (χ0) is 19.1. The molecule has 0 aliphatic heterocycles. The number of aromatic nitrogens is 4. The van der Waals surface area contributed by atoms with Gasteiger partial charge in [-0.2, -0.15) is 0 Å². The molecule has 0 spiro atoms. The van der Waals surface area contributed by atoms with Crippen molar-refractivity contribution in [1.82, 2.24) is 19.1 Å². The van der Waals surface area contributed by atoms with Crippen molar-refractivity contribution >= 4 is 28.0 Å². The van der Waals surface area contributed by atoms with E-state index in [1.165, 1.54) is 40.4 Å². The monoisotopic (exact) mass is 382 g/mol. The molecule has 3 heterocycles. The summed E-state index contributed by atoms with van der Waals surface area (Å²) in [5.74, 6) is -0.658. The zero-order valence-corrected chi connectivity index (χ0v) is 15.5. The number of Topliss-reactive ketones (excluding diaryl/α,β-unsaturated/α-hetero) is 1. The van der Waals surface area contributed by atoms with E-state index in [0.717, 1.165) is 16.5 Å².